The molecule has 66 valence electrons. The summed E-state index contributed by atoms with van der Waals surface area (Å²) in [7, 11) is 6.06. The topological polar surface area (TPSA) is 9.23 Å². The summed E-state index contributed by atoms with van der Waals surface area (Å²) in [5, 5.41) is 0.542. The molecule has 0 unspecified atom stereocenters. The van der Waals surface area contributed by atoms with Gasteiger partial charge in [-0.1, -0.05) is 17.7 Å². The highest BCUT2D eigenvalue weighted by molar-refractivity contribution is 6.58. The Labute approximate surface area is 87.0 Å². The highest BCUT2D eigenvalue weighted by Gasteiger charge is 2.13. The Morgan fingerprint density at radius 2 is 1.92 bits per heavy atom. The molecule has 0 aliphatic rings. The molecule has 0 N–H and O–H groups in total. The Kier molecular flexibility index (Phi) is 3.02. The van der Waals surface area contributed by atoms with Crippen molar-refractivity contribution in [3.8, 4) is 5.75 Å². The average Bonchev–Trinajstić information content (AvgIpc) is 1.94. The number of halogens is 1. The fraction of sp³-hybridized carbons (Fsp3) is 0.250. The van der Waals surface area contributed by atoms with Crippen molar-refractivity contribution in [2.24, 2.45) is 0 Å². The molecule has 0 bridgehead atoms. The lowest BCUT2D eigenvalue weighted by atomic mass is 9.52. The number of benzene rings is 1. The van der Waals surface area contributed by atoms with Gasteiger partial charge in [-0.3, -0.25) is 0 Å². The quantitative estimate of drug-likeness (QED) is 0.576. The smallest absolute Gasteiger partial charge is 0.135 e. The highest BCUT2D eigenvalue weighted by Crippen LogP contribution is 2.23. The fourth-order valence-corrected chi connectivity index (χ4v) is 1.18. The Balaban J connectivity index is 2.94. The molecule has 0 aliphatic carbocycles. The zero-order chi connectivity index (χ0) is 10.1. The Bertz CT molecular complexity index is 309. The van der Waals surface area contributed by atoms with Crippen molar-refractivity contribution < 1.29 is 4.74 Å². The second-order valence-corrected chi connectivity index (χ2v) is 4.56. The summed E-state index contributed by atoms with van der Waals surface area (Å²) in [6.45, 7) is 2.01. The zero-order valence-electron chi connectivity index (χ0n) is 8.52. The van der Waals surface area contributed by atoms with Gasteiger partial charge in [0, 0.05) is 10.3 Å². The first-order valence-corrected chi connectivity index (χ1v) is 4.71. The van der Waals surface area contributed by atoms with Gasteiger partial charge < -0.3 is 4.74 Å². The maximum absolute atomic E-state index is 5.87. The Morgan fingerprint density at radius 1 is 1.31 bits per heavy atom. The minimum Gasteiger partial charge on any atom is -0.513 e. The minimum atomic E-state index is -0.171. The summed E-state index contributed by atoms with van der Waals surface area (Å²) in [5.74, 6) is 0.861. The van der Waals surface area contributed by atoms with Gasteiger partial charge >= 0.3 is 0 Å². The number of ether oxygens (including phenoxy) is 1. The van der Waals surface area contributed by atoms with Gasteiger partial charge in [-0.25, -0.2) is 0 Å². The molecule has 0 radical (unpaired) electrons. The van der Waals surface area contributed by atoms with Crippen LogP contribution < -0.4 is 4.74 Å². The lowest BCUT2D eigenvalue weighted by molar-refractivity contribution is 0.316. The molecule has 1 rings (SSSR count). The van der Waals surface area contributed by atoms with Crippen molar-refractivity contribution in [1.82, 2.24) is 0 Å². The van der Waals surface area contributed by atoms with Crippen LogP contribution in [0.15, 0.2) is 18.2 Å². The molecule has 1 nitrogen and oxygen atoms in total. The third-order valence-electron chi connectivity index (χ3n) is 1.57. The number of aryl methyl sites for hydroxylation is 1. The Hall–Kier alpha value is -0.495. The first-order valence-electron chi connectivity index (χ1n) is 4.34. The van der Waals surface area contributed by atoms with Crippen LogP contribution in [-0.2, 0) is 0 Å². The first kappa shape index (κ1) is 10.6. The van der Waals surface area contributed by atoms with E-state index in [2.05, 4.69) is 0 Å². The number of rotatable bonds is 2. The van der Waals surface area contributed by atoms with Crippen LogP contribution in [0.25, 0.3) is 0 Å². The van der Waals surface area contributed by atoms with Crippen LogP contribution in [0.1, 0.15) is 5.56 Å². The molecule has 0 atom stereocenters. The molecule has 0 spiro atoms. The van der Waals surface area contributed by atoms with Gasteiger partial charge in [-0.2, -0.15) is 0 Å². The maximum Gasteiger partial charge on any atom is 0.135 e. The molecular formula is C8H12B3ClO. The van der Waals surface area contributed by atoms with Gasteiger partial charge in [-0.05, 0) is 24.6 Å². The van der Waals surface area contributed by atoms with E-state index in [-0.39, 0.29) is 5.30 Å². The predicted octanol–water partition coefficient (Wildman–Crippen LogP) is -0.462. The molecule has 1 aromatic carbocycles. The standard InChI is InChI=1S/C8H12B3ClO/c1-5-2-3-6(12)4-7(5)13-8(9,10)11/h2-4H,9-11H2,1H3. The number of hydrogen-bond acceptors (Lipinski definition) is 1. The van der Waals surface area contributed by atoms with E-state index >= 15 is 0 Å². The monoisotopic (exact) mass is 192 g/mol. The van der Waals surface area contributed by atoms with Gasteiger partial charge in [0.25, 0.3) is 0 Å². The second-order valence-electron chi connectivity index (χ2n) is 4.12. The Morgan fingerprint density at radius 3 is 2.46 bits per heavy atom. The van der Waals surface area contributed by atoms with Crippen molar-refractivity contribution in [3.05, 3.63) is 28.8 Å². The van der Waals surface area contributed by atoms with Crippen molar-refractivity contribution >= 4 is 35.1 Å². The summed E-state index contributed by atoms with van der Waals surface area (Å²) in [4.78, 5) is 0. The van der Waals surface area contributed by atoms with Crippen LogP contribution in [0, 0.1) is 6.92 Å². The summed E-state index contributed by atoms with van der Waals surface area (Å²) >= 11 is 5.87. The molecule has 0 amide bonds. The molecule has 0 aliphatic heterocycles. The molecule has 0 saturated carbocycles. The molecule has 1 aromatic rings. The largest absolute Gasteiger partial charge is 0.513 e. The van der Waals surface area contributed by atoms with E-state index in [1.165, 1.54) is 0 Å². The molecule has 5 heteroatoms. The lowest BCUT2D eigenvalue weighted by Gasteiger charge is -2.23. The molecule has 0 fully saturated rings. The maximum atomic E-state index is 5.87. The van der Waals surface area contributed by atoms with Crippen LogP contribution in [0.3, 0.4) is 0 Å². The second kappa shape index (κ2) is 3.71. The predicted molar refractivity (Wildman–Crippen MR) is 65.2 cm³/mol. The van der Waals surface area contributed by atoms with Gasteiger partial charge in [-0.15, -0.1) is 0 Å². The zero-order valence-corrected chi connectivity index (χ0v) is 9.27. The summed E-state index contributed by atoms with van der Waals surface area (Å²) < 4.78 is 5.73. The molecular weight excluding hydrogens is 180 g/mol. The number of hydrogen-bond donors (Lipinski definition) is 0. The van der Waals surface area contributed by atoms with Crippen molar-refractivity contribution in [2.45, 2.75) is 12.2 Å². The van der Waals surface area contributed by atoms with E-state index < -0.39 is 0 Å². The summed E-state index contributed by atoms with van der Waals surface area (Å²) in [5.41, 5.74) is 1.11. The van der Waals surface area contributed by atoms with Crippen LogP contribution in [0.2, 0.25) is 5.02 Å². The lowest BCUT2D eigenvalue weighted by Crippen LogP contribution is -2.37. The van der Waals surface area contributed by atoms with Crippen molar-refractivity contribution in [3.63, 3.8) is 0 Å². The van der Waals surface area contributed by atoms with E-state index in [4.69, 9.17) is 16.3 Å². The third kappa shape index (κ3) is 3.39. The van der Waals surface area contributed by atoms with Crippen LogP contribution in [-0.4, -0.2) is 28.8 Å². The van der Waals surface area contributed by atoms with E-state index in [9.17, 15) is 0 Å². The first-order chi connectivity index (χ1) is 5.88. The van der Waals surface area contributed by atoms with E-state index in [1.807, 2.05) is 48.7 Å². The molecule has 0 saturated heterocycles. The van der Waals surface area contributed by atoms with Crippen molar-refractivity contribution in [2.75, 3.05) is 0 Å². The van der Waals surface area contributed by atoms with E-state index in [0.717, 1.165) is 11.3 Å². The van der Waals surface area contributed by atoms with Gasteiger partial charge in [0.05, 0.1) is 0 Å². The summed E-state index contributed by atoms with van der Waals surface area (Å²) in [6.07, 6.45) is 0. The van der Waals surface area contributed by atoms with Crippen LogP contribution in [0.4, 0.5) is 0 Å². The van der Waals surface area contributed by atoms with Gasteiger partial charge in [0.15, 0.2) is 0 Å². The minimum absolute atomic E-state index is 0.171. The van der Waals surface area contributed by atoms with Gasteiger partial charge in [0.2, 0.25) is 0 Å². The highest BCUT2D eigenvalue weighted by atomic mass is 35.5. The third-order valence-corrected chi connectivity index (χ3v) is 1.80. The molecule has 0 aromatic heterocycles. The SMILES string of the molecule is BC(B)(B)Oc1cc(Cl)ccc1C. The van der Waals surface area contributed by atoms with Crippen molar-refractivity contribution in [1.29, 1.82) is 0 Å². The molecule has 13 heavy (non-hydrogen) atoms. The van der Waals surface area contributed by atoms with Crippen LogP contribution in [0.5, 0.6) is 5.75 Å². The van der Waals surface area contributed by atoms with Gasteiger partial charge in [0.1, 0.15) is 29.3 Å². The van der Waals surface area contributed by atoms with E-state index in [1.54, 1.807) is 0 Å². The van der Waals surface area contributed by atoms with E-state index in [0.29, 0.717) is 5.02 Å². The normalized spacial score (nSPS) is 11.2. The average molecular weight is 192 g/mol. The fourth-order valence-electron chi connectivity index (χ4n) is 1.01. The van der Waals surface area contributed by atoms with Crippen LogP contribution >= 0.6 is 11.6 Å². The molecule has 0 heterocycles. The summed E-state index contributed by atoms with van der Waals surface area (Å²) in [6, 6.07) is 5.68.